The van der Waals surface area contributed by atoms with E-state index in [0.29, 0.717) is 0 Å². The van der Waals surface area contributed by atoms with Gasteiger partial charge in [-0.25, -0.2) is 0 Å². The van der Waals surface area contributed by atoms with E-state index in [1.807, 2.05) is 48.5 Å². The van der Waals surface area contributed by atoms with Gasteiger partial charge in [0.1, 0.15) is 5.08 Å². The van der Waals surface area contributed by atoms with Crippen molar-refractivity contribution in [2.24, 2.45) is 0 Å². The van der Waals surface area contributed by atoms with E-state index in [4.69, 9.17) is 9.47 Å². The van der Waals surface area contributed by atoms with Crippen molar-refractivity contribution in [3.63, 3.8) is 0 Å². The van der Waals surface area contributed by atoms with E-state index in [1.54, 1.807) is 0 Å². The molecule has 3 atom stereocenters. The first-order valence-corrected chi connectivity index (χ1v) is 7.16. The van der Waals surface area contributed by atoms with E-state index in [0.717, 1.165) is 0 Å². The molecule has 0 heterocycles. The average molecular weight is 284 g/mol. The Bertz CT molecular complexity index is 211. The molecule has 16 heavy (non-hydrogen) atoms. The van der Waals surface area contributed by atoms with Crippen LogP contribution in [0.25, 0.3) is 0 Å². The van der Waals surface area contributed by atoms with E-state index in [2.05, 4.69) is 27.7 Å². The summed E-state index contributed by atoms with van der Waals surface area (Å²) in [7, 11) is 8.14. The molecule has 0 aromatic heterocycles. The van der Waals surface area contributed by atoms with Crippen LogP contribution < -0.4 is 0 Å². The molecular weight excluding hydrogens is 257 g/mol. The zero-order valence-electron chi connectivity index (χ0n) is 11.5. The van der Waals surface area contributed by atoms with Gasteiger partial charge >= 0.3 is 0 Å². The Balaban J connectivity index is 4.85. The summed E-state index contributed by atoms with van der Waals surface area (Å²) >= 11 is 0. The SMILES string of the molecule is CC(C)(C)OC(C)(C)C(P)(P)OC(C)(C)P. The largest absolute Gasteiger partial charge is 0.366 e. The first kappa shape index (κ1) is 17.2. The van der Waals surface area contributed by atoms with Crippen molar-refractivity contribution in [1.29, 1.82) is 0 Å². The van der Waals surface area contributed by atoms with Crippen molar-refractivity contribution in [3.05, 3.63) is 0 Å². The second-order valence-corrected chi connectivity index (χ2v) is 10.00. The van der Waals surface area contributed by atoms with Crippen LogP contribution in [0.4, 0.5) is 0 Å². The van der Waals surface area contributed by atoms with E-state index in [9.17, 15) is 0 Å². The molecule has 0 aliphatic rings. The van der Waals surface area contributed by atoms with Gasteiger partial charge in [0.2, 0.25) is 0 Å². The molecule has 0 bridgehead atoms. The van der Waals surface area contributed by atoms with Gasteiger partial charge < -0.3 is 9.47 Å². The standard InChI is InChI=1S/C11H27O2P3/c1-8(2,3)12-9(4,5)11(15,16)13-10(6,7)14/h14-16H2,1-7H3. The number of rotatable bonds is 4. The van der Waals surface area contributed by atoms with Gasteiger partial charge in [-0.15, -0.1) is 9.24 Å². The summed E-state index contributed by atoms with van der Waals surface area (Å²) in [6.45, 7) is 14.2. The van der Waals surface area contributed by atoms with Crippen LogP contribution in [0.5, 0.6) is 0 Å². The molecule has 0 saturated carbocycles. The normalized spacial score (nSPS) is 15.4. The third kappa shape index (κ3) is 6.23. The Hall–Kier alpha value is 1.21. The highest BCUT2D eigenvalue weighted by Gasteiger charge is 2.44. The van der Waals surface area contributed by atoms with E-state index >= 15 is 0 Å². The lowest BCUT2D eigenvalue weighted by Crippen LogP contribution is -2.50. The van der Waals surface area contributed by atoms with E-state index in [1.165, 1.54) is 0 Å². The monoisotopic (exact) mass is 284 g/mol. The molecular formula is C11H27O2P3. The van der Waals surface area contributed by atoms with Gasteiger partial charge in [0, 0.05) is 0 Å². The first-order valence-electron chi connectivity index (χ1n) is 5.43. The fourth-order valence-electron chi connectivity index (χ4n) is 1.40. The highest BCUT2D eigenvalue weighted by atomic mass is 31.1. The molecule has 0 aliphatic carbocycles. The maximum atomic E-state index is 6.06. The lowest BCUT2D eigenvalue weighted by Gasteiger charge is -2.47. The number of hydrogen-bond acceptors (Lipinski definition) is 2. The molecule has 0 rings (SSSR count). The zero-order valence-corrected chi connectivity index (χ0v) is 15.0. The quantitative estimate of drug-likeness (QED) is 0.734. The Morgan fingerprint density at radius 1 is 0.688 bits per heavy atom. The zero-order chi connectivity index (χ0) is 13.4. The number of hydrogen-bond donors (Lipinski definition) is 0. The summed E-state index contributed by atoms with van der Waals surface area (Å²) < 4.78 is 12.1. The van der Waals surface area contributed by atoms with Gasteiger partial charge in [-0.1, -0.05) is 18.5 Å². The lowest BCUT2D eigenvalue weighted by atomic mass is 10.1. The first-order chi connectivity index (χ1) is 6.66. The van der Waals surface area contributed by atoms with Crippen molar-refractivity contribution in [2.75, 3.05) is 0 Å². The Morgan fingerprint density at radius 3 is 1.31 bits per heavy atom. The molecule has 0 radical (unpaired) electrons. The van der Waals surface area contributed by atoms with Crippen LogP contribution in [-0.4, -0.2) is 21.6 Å². The summed E-state index contributed by atoms with van der Waals surface area (Å²) in [6.07, 6.45) is 0. The number of ether oxygens (including phenoxy) is 2. The molecule has 0 spiro atoms. The highest BCUT2D eigenvalue weighted by Crippen LogP contribution is 2.46. The molecule has 0 fully saturated rings. The summed E-state index contributed by atoms with van der Waals surface area (Å²) in [6, 6.07) is 0. The molecule has 0 aromatic carbocycles. The van der Waals surface area contributed by atoms with Gasteiger partial charge in [-0.3, -0.25) is 0 Å². The predicted octanol–water partition coefficient (Wildman–Crippen LogP) is 3.61. The fourth-order valence-corrected chi connectivity index (χ4v) is 2.60. The molecule has 0 aromatic rings. The predicted molar refractivity (Wildman–Crippen MR) is 81.9 cm³/mol. The molecule has 0 saturated heterocycles. The van der Waals surface area contributed by atoms with Gasteiger partial charge in [-0.05, 0) is 48.5 Å². The van der Waals surface area contributed by atoms with Crippen LogP contribution in [0.1, 0.15) is 48.5 Å². The summed E-state index contributed by atoms with van der Waals surface area (Å²) in [5.74, 6) is 0. The molecule has 0 amide bonds. The topological polar surface area (TPSA) is 18.5 Å². The molecule has 0 aliphatic heterocycles. The Kier molecular flexibility index (Phi) is 5.45. The average Bonchev–Trinajstić information content (AvgIpc) is 1.72. The van der Waals surface area contributed by atoms with Gasteiger partial charge in [0.05, 0.1) is 16.5 Å². The van der Waals surface area contributed by atoms with Gasteiger partial charge in [-0.2, -0.15) is 0 Å². The molecule has 2 nitrogen and oxygen atoms in total. The van der Waals surface area contributed by atoms with Crippen LogP contribution in [0.2, 0.25) is 0 Å². The molecule has 0 N–H and O–H groups in total. The van der Waals surface area contributed by atoms with Crippen molar-refractivity contribution >= 4 is 27.7 Å². The summed E-state index contributed by atoms with van der Waals surface area (Å²) in [4.78, 5) is 0. The molecule has 3 unspecified atom stereocenters. The van der Waals surface area contributed by atoms with Crippen LogP contribution in [0, 0.1) is 0 Å². The fraction of sp³-hybridized carbons (Fsp3) is 1.00. The minimum absolute atomic E-state index is 0.198. The Labute approximate surface area is 108 Å². The van der Waals surface area contributed by atoms with E-state index < -0.39 is 10.7 Å². The molecule has 5 heteroatoms. The third-order valence-corrected chi connectivity index (χ3v) is 3.68. The summed E-state index contributed by atoms with van der Waals surface area (Å²) in [5.41, 5.74) is -0.620. The van der Waals surface area contributed by atoms with E-state index in [-0.39, 0.29) is 10.9 Å². The highest BCUT2D eigenvalue weighted by molar-refractivity contribution is 7.39. The van der Waals surface area contributed by atoms with Gasteiger partial charge in [0.15, 0.2) is 0 Å². The van der Waals surface area contributed by atoms with Crippen molar-refractivity contribution in [1.82, 2.24) is 0 Å². The Morgan fingerprint density at radius 2 is 1.06 bits per heavy atom. The smallest absolute Gasteiger partial charge is 0.123 e. The third-order valence-electron chi connectivity index (χ3n) is 1.93. The molecule has 98 valence electrons. The maximum Gasteiger partial charge on any atom is 0.123 e. The van der Waals surface area contributed by atoms with Crippen LogP contribution in [0.3, 0.4) is 0 Å². The maximum absolute atomic E-state index is 6.06. The van der Waals surface area contributed by atoms with Crippen LogP contribution >= 0.6 is 27.7 Å². The lowest BCUT2D eigenvalue weighted by molar-refractivity contribution is -0.179. The minimum atomic E-state index is -0.522. The van der Waals surface area contributed by atoms with Crippen molar-refractivity contribution in [3.8, 4) is 0 Å². The van der Waals surface area contributed by atoms with Crippen molar-refractivity contribution < 1.29 is 9.47 Å². The second-order valence-electron chi connectivity index (χ2n) is 6.22. The van der Waals surface area contributed by atoms with Crippen LogP contribution in [-0.2, 0) is 9.47 Å². The van der Waals surface area contributed by atoms with Gasteiger partial charge in [0.25, 0.3) is 0 Å². The minimum Gasteiger partial charge on any atom is -0.366 e. The van der Waals surface area contributed by atoms with Crippen molar-refractivity contribution in [2.45, 2.75) is 70.1 Å². The van der Waals surface area contributed by atoms with Crippen LogP contribution in [0.15, 0.2) is 0 Å². The summed E-state index contributed by atoms with van der Waals surface area (Å²) in [5, 5.41) is -0.812. The second kappa shape index (κ2) is 5.07.